The van der Waals surface area contributed by atoms with Gasteiger partial charge in [-0.05, 0) is 6.07 Å². The number of thiophene rings is 1. The molecule has 0 unspecified atom stereocenters. The number of benzene rings is 1. The average molecular weight is 259 g/mol. The van der Waals surface area contributed by atoms with E-state index >= 15 is 0 Å². The van der Waals surface area contributed by atoms with E-state index in [4.69, 9.17) is 10.2 Å². The topological polar surface area (TPSA) is 83.9 Å². The Bertz CT molecular complexity index is 729. The van der Waals surface area contributed by atoms with Crippen LogP contribution in [0.4, 0.5) is 5.69 Å². The van der Waals surface area contributed by atoms with Gasteiger partial charge in [-0.15, -0.1) is 11.3 Å². The summed E-state index contributed by atoms with van der Waals surface area (Å²) in [5, 5.41) is 0.894. The van der Waals surface area contributed by atoms with Gasteiger partial charge in [0.05, 0.1) is 18.2 Å². The first-order valence-electron chi connectivity index (χ1n) is 5.38. The molecule has 1 aromatic carbocycles. The summed E-state index contributed by atoms with van der Waals surface area (Å²) in [4.78, 5) is 11.9. The fourth-order valence-corrected chi connectivity index (χ4v) is 3.11. The summed E-state index contributed by atoms with van der Waals surface area (Å²) in [6, 6.07) is 7.71. The molecule has 2 aromatic heterocycles. The van der Waals surface area contributed by atoms with Gasteiger partial charge in [-0.2, -0.15) is 0 Å². The highest BCUT2D eigenvalue weighted by Crippen LogP contribution is 2.39. The SMILES string of the molecule is Nc1c(C([NH3+])=O)sc2c(-c3ccoc3)cccc12. The zero-order chi connectivity index (χ0) is 12.7. The van der Waals surface area contributed by atoms with Crippen molar-refractivity contribution in [2.75, 3.05) is 5.73 Å². The van der Waals surface area contributed by atoms with Gasteiger partial charge in [-0.3, -0.25) is 5.73 Å². The monoisotopic (exact) mass is 259 g/mol. The smallest absolute Gasteiger partial charge is 0.353 e. The fraction of sp³-hybridized carbons (Fsp3) is 0. The molecule has 0 saturated carbocycles. The molecule has 0 atom stereocenters. The van der Waals surface area contributed by atoms with E-state index in [1.807, 2.05) is 24.3 Å². The van der Waals surface area contributed by atoms with Crippen LogP contribution >= 0.6 is 11.3 Å². The largest absolute Gasteiger partial charge is 0.472 e. The van der Waals surface area contributed by atoms with Gasteiger partial charge in [-0.1, -0.05) is 18.2 Å². The number of fused-ring (bicyclic) bond motifs is 1. The maximum absolute atomic E-state index is 11.4. The number of quaternary nitrogens is 1. The van der Waals surface area contributed by atoms with Crippen molar-refractivity contribution in [1.82, 2.24) is 0 Å². The Morgan fingerprint density at radius 1 is 1.33 bits per heavy atom. The standard InChI is InChI=1S/C13H10N2O2S/c14-10-9-3-1-2-8(7-4-5-17-6-7)11(9)18-12(10)13(15)16/h1-6H,14H2,(H2,15,16)/p+1. The number of hydrogen-bond acceptors (Lipinski definition) is 4. The van der Waals surface area contributed by atoms with Crippen LogP contribution in [0.2, 0.25) is 0 Å². The Kier molecular flexibility index (Phi) is 2.43. The van der Waals surface area contributed by atoms with Crippen molar-refractivity contribution in [3.63, 3.8) is 0 Å². The number of carbonyl (C=O) groups is 1. The van der Waals surface area contributed by atoms with Crippen LogP contribution in [-0.2, 0) is 0 Å². The Morgan fingerprint density at radius 3 is 2.83 bits per heavy atom. The molecule has 3 rings (SSSR count). The lowest BCUT2D eigenvalue weighted by molar-refractivity contribution is -0.254. The summed E-state index contributed by atoms with van der Waals surface area (Å²) < 4.78 is 6.09. The quantitative estimate of drug-likeness (QED) is 0.739. The van der Waals surface area contributed by atoms with E-state index in [1.165, 1.54) is 11.3 Å². The summed E-state index contributed by atoms with van der Waals surface area (Å²) in [6.45, 7) is 0. The van der Waals surface area contributed by atoms with Gasteiger partial charge in [0.25, 0.3) is 0 Å². The van der Waals surface area contributed by atoms with Crippen molar-refractivity contribution in [2.45, 2.75) is 0 Å². The highest BCUT2D eigenvalue weighted by atomic mass is 32.1. The van der Waals surface area contributed by atoms with E-state index in [0.29, 0.717) is 10.6 Å². The van der Waals surface area contributed by atoms with Crippen molar-refractivity contribution in [3.05, 3.63) is 41.7 Å². The number of nitrogens with two attached hydrogens (primary N) is 1. The highest BCUT2D eigenvalue weighted by molar-refractivity contribution is 7.22. The van der Waals surface area contributed by atoms with E-state index in [-0.39, 0.29) is 5.91 Å². The van der Waals surface area contributed by atoms with Gasteiger partial charge in [-0.25, -0.2) is 4.79 Å². The minimum Gasteiger partial charge on any atom is -0.472 e. The summed E-state index contributed by atoms with van der Waals surface area (Å²) in [6.07, 6.45) is 3.30. The van der Waals surface area contributed by atoms with Crippen molar-refractivity contribution in [2.24, 2.45) is 0 Å². The van der Waals surface area contributed by atoms with Gasteiger partial charge in [0, 0.05) is 21.2 Å². The number of anilines is 1. The summed E-state index contributed by atoms with van der Waals surface area (Å²) in [5.41, 5.74) is 11.9. The predicted molar refractivity (Wildman–Crippen MR) is 71.2 cm³/mol. The minimum atomic E-state index is -0.244. The molecule has 0 aliphatic heterocycles. The summed E-state index contributed by atoms with van der Waals surface area (Å²) in [7, 11) is 0. The molecule has 3 aromatic rings. The van der Waals surface area contributed by atoms with E-state index in [9.17, 15) is 4.79 Å². The Labute approximate surface area is 107 Å². The first-order valence-corrected chi connectivity index (χ1v) is 6.20. The molecule has 5 N–H and O–H groups in total. The third-order valence-corrected chi connectivity index (χ3v) is 4.14. The van der Waals surface area contributed by atoms with Gasteiger partial charge < -0.3 is 10.2 Å². The molecule has 0 bridgehead atoms. The molecule has 4 nitrogen and oxygen atoms in total. The number of furan rings is 1. The molecule has 0 aliphatic carbocycles. The molecule has 0 aliphatic rings. The van der Waals surface area contributed by atoms with E-state index in [2.05, 4.69) is 5.73 Å². The summed E-state index contributed by atoms with van der Waals surface area (Å²) >= 11 is 1.38. The molecule has 1 amide bonds. The molecule has 0 saturated heterocycles. The molecule has 0 fully saturated rings. The lowest BCUT2D eigenvalue weighted by atomic mass is 10.1. The number of rotatable bonds is 2. The molecule has 0 spiro atoms. The number of amides is 1. The van der Waals surface area contributed by atoms with Crippen LogP contribution in [0.25, 0.3) is 21.2 Å². The van der Waals surface area contributed by atoms with Crippen molar-refractivity contribution >= 4 is 33.0 Å². The van der Waals surface area contributed by atoms with Crippen LogP contribution in [-0.4, -0.2) is 5.91 Å². The minimum absolute atomic E-state index is 0.244. The number of nitrogen functional groups attached to an aromatic ring is 1. The third kappa shape index (κ3) is 1.53. The van der Waals surface area contributed by atoms with Crippen LogP contribution in [0.5, 0.6) is 0 Å². The molecule has 5 heteroatoms. The predicted octanol–water partition coefficient (Wildman–Crippen LogP) is 2.13. The fourth-order valence-electron chi connectivity index (χ4n) is 1.99. The van der Waals surface area contributed by atoms with Crippen molar-refractivity contribution in [1.29, 1.82) is 0 Å². The first-order chi connectivity index (χ1) is 8.68. The molecular formula is C13H11N2O2S+. The zero-order valence-corrected chi connectivity index (χ0v) is 10.3. The third-order valence-electron chi connectivity index (χ3n) is 2.84. The zero-order valence-electron chi connectivity index (χ0n) is 9.47. The second-order valence-corrected chi connectivity index (χ2v) is 4.98. The molecule has 18 heavy (non-hydrogen) atoms. The van der Waals surface area contributed by atoms with Crippen LogP contribution in [0, 0.1) is 0 Å². The maximum Gasteiger partial charge on any atom is 0.353 e. The van der Waals surface area contributed by atoms with Crippen LogP contribution < -0.4 is 11.5 Å². The van der Waals surface area contributed by atoms with E-state index < -0.39 is 0 Å². The van der Waals surface area contributed by atoms with Crippen molar-refractivity contribution in [3.8, 4) is 11.1 Å². The second kappa shape index (κ2) is 3.97. The lowest BCUT2D eigenvalue weighted by Crippen LogP contribution is -2.56. The van der Waals surface area contributed by atoms with Gasteiger partial charge in [0.2, 0.25) is 0 Å². The Hall–Kier alpha value is -2.11. The molecule has 90 valence electrons. The van der Waals surface area contributed by atoms with Crippen molar-refractivity contribution < 1.29 is 14.9 Å². The molecule has 2 heterocycles. The normalized spacial score (nSPS) is 10.9. The van der Waals surface area contributed by atoms with Crippen LogP contribution in [0.3, 0.4) is 0 Å². The summed E-state index contributed by atoms with van der Waals surface area (Å²) in [5.74, 6) is -0.244. The highest BCUT2D eigenvalue weighted by Gasteiger charge is 2.18. The Balaban J connectivity index is 2.35. The molecule has 0 radical (unpaired) electrons. The van der Waals surface area contributed by atoms with Crippen LogP contribution in [0.15, 0.2) is 41.2 Å². The lowest BCUT2D eigenvalue weighted by Gasteiger charge is -1.99. The number of carbonyl (C=O) groups excluding carboxylic acids is 1. The molecular weight excluding hydrogens is 248 g/mol. The van der Waals surface area contributed by atoms with Gasteiger partial charge in [0.15, 0.2) is 4.88 Å². The Morgan fingerprint density at radius 2 is 2.17 bits per heavy atom. The van der Waals surface area contributed by atoms with E-state index in [0.717, 1.165) is 21.2 Å². The average Bonchev–Trinajstić information content (AvgIpc) is 2.97. The number of hydrogen-bond donors (Lipinski definition) is 2. The van der Waals surface area contributed by atoms with E-state index in [1.54, 1.807) is 12.5 Å². The maximum atomic E-state index is 11.4. The van der Waals surface area contributed by atoms with Gasteiger partial charge >= 0.3 is 5.91 Å². The van der Waals surface area contributed by atoms with Crippen LogP contribution in [0.1, 0.15) is 9.67 Å². The van der Waals surface area contributed by atoms with Gasteiger partial charge in [0.1, 0.15) is 0 Å². The first kappa shape index (κ1) is 11.0. The second-order valence-electron chi connectivity index (χ2n) is 3.96.